The maximum Gasteiger partial charge on any atom is 0.178 e. The van der Waals surface area contributed by atoms with Gasteiger partial charge in [0.2, 0.25) is 0 Å². The average molecular weight is 256 g/mol. The maximum atomic E-state index is 12.3. The molecule has 100 valence electrons. The molecule has 3 nitrogen and oxygen atoms in total. The standard InChI is InChI=1S/C16H20N2O/c1-11-6-7-13-14(9-18-15(13)8-11)16(19)10-17-12-4-2-3-5-12/h6-9,12,17-18H,2-5,10H2,1H3. The molecule has 1 fully saturated rings. The van der Waals surface area contributed by atoms with E-state index in [0.29, 0.717) is 12.6 Å². The van der Waals surface area contributed by atoms with Crippen molar-refractivity contribution in [2.75, 3.05) is 6.54 Å². The summed E-state index contributed by atoms with van der Waals surface area (Å²) in [7, 11) is 0. The predicted molar refractivity (Wildman–Crippen MR) is 77.6 cm³/mol. The number of rotatable bonds is 4. The Morgan fingerprint density at radius 3 is 2.95 bits per heavy atom. The van der Waals surface area contributed by atoms with Crippen molar-refractivity contribution in [2.24, 2.45) is 0 Å². The first-order valence-electron chi connectivity index (χ1n) is 7.08. The molecule has 0 aliphatic heterocycles. The Morgan fingerprint density at radius 2 is 2.16 bits per heavy atom. The first-order valence-corrected chi connectivity index (χ1v) is 7.08. The van der Waals surface area contributed by atoms with Crippen molar-refractivity contribution in [3.63, 3.8) is 0 Å². The van der Waals surface area contributed by atoms with Crippen LogP contribution in [0.25, 0.3) is 10.9 Å². The molecule has 0 bridgehead atoms. The van der Waals surface area contributed by atoms with E-state index in [0.717, 1.165) is 16.5 Å². The van der Waals surface area contributed by atoms with Crippen LogP contribution in [-0.4, -0.2) is 23.4 Å². The van der Waals surface area contributed by atoms with Crippen molar-refractivity contribution in [3.05, 3.63) is 35.5 Å². The van der Waals surface area contributed by atoms with Crippen LogP contribution in [0.15, 0.2) is 24.4 Å². The smallest absolute Gasteiger partial charge is 0.178 e. The molecule has 0 spiro atoms. The Balaban J connectivity index is 1.74. The van der Waals surface area contributed by atoms with Crippen molar-refractivity contribution in [1.29, 1.82) is 0 Å². The zero-order valence-electron chi connectivity index (χ0n) is 11.3. The zero-order chi connectivity index (χ0) is 13.2. The summed E-state index contributed by atoms with van der Waals surface area (Å²) < 4.78 is 0. The molecule has 0 saturated heterocycles. The molecule has 3 rings (SSSR count). The fourth-order valence-corrected chi connectivity index (χ4v) is 2.93. The van der Waals surface area contributed by atoms with E-state index in [1.54, 1.807) is 0 Å². The highest BCUT2D eigenvalue weighted by molar-refractivity contribution is 6.08. The summed E-state index contributed by atoms with van der Waals surface area (Å²) in [6.07, 6.45) is 6.83. The fourth-order valence-electron chi connectivity index (χ4n) is 2.93. The second-order valence-corrected chi connectivity index (χ2v) is 5.54. The lowest BCUT2D eigenvalue weighted by atomic mass is 10.1. The number of benzene rings is 1. The Bertz CT molecular complexity index is 594. The second-order valence-electron chi connectivity index (χ2n) is 5.54. The van der Waals surface area contributed by atoms with E-state index in [1.165, 1.54) is 31.2 Å². The number of hydrogen-bond donors (Lipinski definition) is 2. The highest BCUT2D eigenvalue weighted by Gasteiger charge is 2.17. The van der Waals surface area contributed by atoms with Crippen LogP contribution >= 0.6 is 0 Å². The van der Waals surface area contributed by atoms with E-state index >= 15 is 0 Å². The highest BCUT2D eigenvalue weighted by Crippen LogP contribution is 2.21. The third-order valence-electron chi connectivity index (χ3n) is 4.04. The normalized spacial score (nSPS) is 16.3. The number of H-pyrrole nitrogens is 1. The molecular formula is C16H20N2O. The molecule has 1 aliphatic carbocycles. The van der Waals surface area contributed by atoms with E-state index < -0.39 is 0 Å². The van der Waals surface area contributed by atoms with Crippen molar-refractivity contribution in [2.45, 2.75) is 38.6 Å². The lowest BCUT2D eigenvalue weighted by Crippen LogP contribution is -2.31. The Morgan fingerprint density at radius 1 is 1.37 bits per heavy atom. The van der Waals surface area contributed by atoms with Gasteiger partial charge in [0.1, 0.15) is 0 Å². The number of Topliss-reactive ketones (excluding diaryl/α,β-unsaturated/α-hetero) is 1. The van der Waals surface area contributed by atoms with Gasteiger partial charge in [-0.15, -0.1) is 0 Å². The number of aryl methyl sites for hydroxylation is 1. The van der Waals surface area contributed by atoms with E-state index in [1.807, 2.05) is 12.3 Å². The molecule has 0 amide bonds. The summed E-state index contributed by atoms with van der Waals surface area (Å²) in [5.41, 5.74) is 3.06. The molecule has 0 unspecified atom stereocenters. The van der Waals surface area contributed by atoms with Crippen LogP contribution in [0.5, 0.6) is 0 Å². The Kier molecular flexibility index (Phi) is 3.38. The number of aromatic amines is 1. The van der Waals surface area contributed by atoms with Crippen LogP contribution in [0.4, 0.5) is 0 Å². The SMILES string of the molecule is Cc1ccc2c(C(=O)CNC3CCCC3)c[nH]c2c1. The van der Waals surface area contributed by atoms with Crippen LogP contribution in [0.3, 0.4) is 0 Å². The number of carbonyl (C=O) groups is 1. The first kappa shape index (κ1) is 12.4. The van der Waals surface area contributed by atoms with Gasteiger partial charge in [0, 0.05) is 28.7 Å². The van der Waals surface area contributed by atoms with Gasteiger partial charge in [-0.2, -0.15) is 0 Å². The quantitative estimate of drug-likeness (QED) is 0.825. The molecule has 1 aromatic carbocycles. The summed E-state index contributed by atoms with van der Waals surface area (Å²) >= 11 is 0. The molecule has 1 heterocycles. The number of fused-ring (bicyclic) bond motifs is 1. The average Bonchev–Trinajstić information content (AvgIpc) is 3.04. The van der Waals surface area contributed by atoms with Crippen LogP contribution in [0, 0.1) is 6.92 Å². The van der Waals surface area contributed by atoms with Crippen LogP contribution in [-0.2, 0) is 0 Å². The van der Waals surface area contributed by atoms with Gasteiger partial charge in [0.25, 0.3) is 0 Å². The Labute approximate surface area is 113 Å². The molecule has 19 heavy (non-hydrogen) atoms. The maximum absolute atomic E-state index is 12.3. The molecular weight excluding hydrogens is 236 g/mol. The van der Waals surface area contributed by atoms with Gasteiger partial charge in [-0.25, -0.2) is 0 Å². The summed E-state index contributed by atoms with van der Waals surface area (Å²) in [5.74, 6) is 0.182. The number of hydrogen-bond acceptors (Lipinski definition) is 2. The minimum atomic E-state index is 0.182. The highest BCUT2D eigenvalue weighted by atomic mass is 16.1. The number of nitrogens with one attached hydrogen (secondary N) is 2. The topological polar surface area (TPSA) is 44.9 Å². The third kappa shape index (κ3) is 2.56. The number of carbonyl (C=O) groups excluding carboxylic acids is 1. The van der Waals surface area contributed by atoms with E-state index in [2.05, 4.69) is 29.4 Å². The van der Waals surface area contributed by atoms with Crippen molar-refractivity contribution in [3.8, 4) is 0 Å². The van der Waals surface area contributed by atoms with Crippen molar-refractivity contribution in [1.82, 2.24) is 10.3 Å². The van der Waals surface area contributed by atoms with Gasteiger partial charge in [0.15, 0.2) is 5.78 Å². The van der Waals surface area contributed by atoms with Crippen molar-refractivity contribution < 1.29 is 4.79 Å². The molecule has 3 heteroatoms. The van der Waals surface area contributed by atoms with Gasteiger partial charge >= 0.3 is 0 Å². The second kappa shape index (κ2) is 5.17. The minimum Gasteiger partial charge on any atom is -0.360 e. The molecule has 1 aromatic heterocycles. The molecule has 0 radical (unpaired) electrons. The third-order valence-corrected chi connectivity index (χ3v) is 4.04. The fraction of sp³-hybridized carbons (Fsp3) is 0.438. The molecule has 1 aliphatic rings. The van der Waals surface area contributed by atoms with Crippen LogP contribution < -0.4 is 5.32 Å². The molecule has 2 N–H and O–H groups in total. The van der Waals surface area contributed by atoms with E-state index in [9.17, 15) is 4.79 Å². The van der Waals surface area contributed by atoms with Crippen molar-refractivity contribution >= 4 is 16.7 Å². The summed E-state index contributed by atoms with van der Waals surface area (Å²) in [5, 5.41) is 4.41. The van der Waals surface area contributed by atoms with E-state index in [-0.39, 0.29) is 5.78 Å². The number of ketones is 1. The molecule has 1 saturated carbocycles. The first-order chi connectivity index (χ1) is 9.24. The summed E-state index contributed by atoms with van der Waals surface area (Å²) in [4.78, 5) is 15.5. The zero-order valence-corrected chi connectivity index (χ0v) is 11.3. The molecule has 0 atom stereocenters. The summed E-state index contributed by atoms with van der Waals surface area (Å²) in [6.45, 7) is 2.51. The van der Waals surface area contributed by atoms with Crippen LogP contribution in [0.1, 0.15) is 41.6 Å². The van der Waals surface area contributed by atoms with Gasteiger partial charge in [-0.05, 0) is 31.4 Å². The van der Waals surface area contributed by atoms with E-state index in [4.69, 9.17) is 0 Å². The van der Waals surface area contributed by atoms with Crippen LogP contribution in [0.2, 0.25) is 0 Å². The minimum absolute atomic E-state index is 0.182. The molecule has 2 aromatic rings. The number of aromatic nitrogens is 1. The van der Waals surface area contributed by atoms with Gasteiger partial charge in [-0.1, -0.05) is 25.0 Å². The lowest BCUT2D eigenvalue weighted by molar-refractivity contribution is 0.0989. The monoisotopic (exact) mass is 256 g/mol. The largest absolute Gasteiger partial charge is 0.360 e. The Hall–Kier alpha value is -1.61. The summed E-state index contributed by atoms with van der Waals surface area (Å²) in [6, 6.07) is 6.70. The lowest BCUT2D eigenvalue weighted by Gasteiger charge is -2.10. The van der Waals surface area contributed by atoms with Gasteiger partial charge < -0.3 is 10.3 Å². The predicted octanol–water partition coefficient (Wildman–Crippen LogP) is 3.19. The van der Waals surface area contributed by atoms with Gasteiger partial charge in [-0.3, -0.25) is 4.79 Å². The van der Waals surface area contributed by atoms with Gasteiger partial charge in [0.05, 0.1) is 6.54 Å².